The maximum Gasteiger partial charge on any atom is 0.275 e. The first kappa shape index (κ1) is 15.4. The highest BCUT2D eigenvalue weighted by Gasteiger charge is 2.20. The Morgan fingerprint density at radius 2 is 2.10 bits per heavy atom. The van der Waals surface area contributed by atoms with Gasteiger partial charge in [-0.15, -0.1) is 0 Å². The van der Waals surface area contributed by atoms with Crippen molar-refractivity contribution in [2.75, 3.05) is 26.3 Å². The monoisotopic (exact) mass is 318 g/mol. The van der Waals surface area contributed by atoms with Crippen LogP contribution < -0.4 is 10.2 Å². The molecule has 0 saturated carbocycles. The molecule has 1 amide bonds. The van der Waals surface area contributed by atoms with Gasteiger partial charge in [0.2, 0.25) is 0 Å². The number of halogens is 2. The number of hydrogen-bond acceptors (Lipinski definition) is 4. The van der Waals surface area contributed by atoms with E-state index in [2.05, 4.69) is 5.43 Å². The summed E-state index contributed by atoms with van der Waals surface area (Å²) in [5.41, 5.74) is 2.79. The van der Waals surface area contributed by atoms with E-state index in [0.29, 0.717) is 42.1 Å². The molecule has 7 heteroatoms. The summed E-state index contributed by atoms with van der Waals surface area (Å²) in [6.07, 6.45) is -0.656. The van der Waals surface area contributed by atoms with Gasteiger partial charge in [0.05, 0.1) is 18.2 Å². The van der Waals surface area contributed by atoms with Crippen LogP contribution in [-0.4, -0.2) is 43.3 Å². The lowest BCUT2D eigenvalue weighted by molar-refractivity contribution is -0.134. The fourth-order valence-electron chi connectivity index (χ4n) is 1.74. The van der Waals surface area contributed by atoms with Crippen molar-refractivity contribution in [3.8, 4) is 5.75 Å². The van der Waals surface area contributed by atoms with E-state index in [9.17, 15) is 4.79 Å². The summed E-state index contributed by atoms with van der Waals surface area (Å²) in [4.78, 5) is 12.0. The Hall–Kier alpha value is -1.01. The van der Waals surface area contributed by atoms with Crippen molar-refractivity contribution >= 4 is 29.1 Å². The highest BCUT2D eigenvalue weighted by atomic mass is 35.5. The van der Waals surface area contributed by atoms with Crippen LogP contribution in [0, 0.1) is 0 Å². The van der Waals surface area contributed by atoms with Crippen molar-refractivity contribution < 1.29 is 14.3 Å². The van der Waals surface area contributed by atoms with E-state index in [4.69, 9.17) is 32.7 Å². The molecule has 0 radical (unpaired) electrons. The number of nitrogens with one attached hydrogen (secondary N) is 1. The van der Waals surface area contributed by atoms with E-state index in [1.165, 1.54) is 0 Å². The van der Waals surface area contributed by atoms with Crippen LogP contribution in [-0.2, 0) is 9.53 Å². The van der Waals surface area contributed by atoms with Crippen molar-refractivity contribution in [1.29, 1.82) is 0 Å². The highest BCUT2D eigenvalue weighted by molar-refractivity contribution is 6.35. The predicted octanol–water partition coefficient (Wildman–Crippen LogP) is 2.12. The van der Waals surface area contributed by atoms with Crippen molar-refractivity contribution in [2.24, 2.45) is 0 Å². The lowest BCUT2D eigenvalue weighted by atomic mass is 10.3. The van der Waals surface area contributed by atoms with Gasteiger partial charge in [0.15, 0.2) is 6.10 Å². The fourth-order valence-corrected chi connectivity index (χ4v) is 2.19. The number of hydrogen-bond donors (Lipinski definition) is 1. The minimum Gasteiger partial charge on any atom is -0.479 e. The maximum atomic E-state index is 12.0. The average Bonchev–Trinajstić information content (AvgIpc) is 2.43. The van der Waals surface area contributed by atoms with Gasteiger partial charge < -0.3 is 9.47 Å². The third kappa shape index (κ3) is 4.24. The lowest BCUT2D eigenvalue weighted by Crippen LogP contribution is -2.51. The normalized spacial score (nSPS) is 17.6. The number of rotatable bonds is 4. The molecule has 0 spiro atoms. The Morgan fingerprint density at radius 1 is 1.40 bits per heavy atom. The molecule has 0 aliphatic carbocycles. The van der Waals surface area contributed by atoms with E-state index in [1.807, 2.05) is 5.01 Å². The molecule has 1 aromatic carbocycles. The van der Waals surface area contributed by atoms with Gasteiger partial charge in [-0.25, -0.2) is 5.01 Å². The molecular formula is C13H16Cl2N2O3. The molecular weight excluding hydrogens is 303 g/mol. The minimum absolute atomic E-state index is 0.224. The largest absolute Gasteiger partial charge is 0.479 e. The van der Waals surface area contributed by atoms with Gasteiger partial charge in [-0.2, -0.15) is 0 Å². The van der Waals surface area contributed by atoms with E-state index in [0.717, 1.165) is 0 Å². The van der Waals surface area contributed by atoms with Crippen LogP contribution in [0.3, 0.4) is 0 Å². The fraction of sp³-hybridized carbons (Fsp3) is 0.462. The molecule has 1 aliphatic rings. The Balaban J connectivity index is 1.89. The summed E-state index contributed by atoms with van der Waals surface area (Å²) in [5, 5.41) is 2.71. The highest BCUT2D eigenvalue weighted by Crippen LogP contribution is 2.28. The summed E-state index contributed by atoms with van der Waals surface area (Å²) < 4.78 is 10.8. The van der Waals surface area contributed by atoms with E-state index >= 15 is 0 Å². The zero-order valence-electron chi connectivity index (χ0n) is 11.1. The van der Waals surface area contributed by atoms with Gasteiger partial charge in [0.25, 0.3) is 5.91 Å². The second-order valence-electron chi connectivity index (χ2n) is 4.41. The summed E-state index contributed by atoms with van der Waals surface area (Å²) in [6, 6.07) is 4.88. The molecule has 1 heterocycles. The number of nitrogens with zero attached hydrogens (tertiary/aromatic N) is 1. The van der Waals surface area contributed by atoms with Crippen LogP contribution in [0.2, 0.25) is 10.0 Å². The molecule has 1 aliphatic heterocycles. The third-order valence-electron chi connectivity index (χ3n) is 2.85. The number of amides is 1. The van der Waals surface area contributed by atoms with Gasteiger partial charge in [-0.1, -0.05) is 23.2 Å². The van der Waals surface area contributed by atoms with E-state index in [-0.39, 0.29) is 5.91 Å². The molecule has 1 atom stereocenters. The Morgan fingerprint density at radius 3 is 2.75 bits per heavy atom. The number of carbonyl (C=O) groups excluding carboxylic acids is 1. The number of carbonyl (C=O) groups is 1. The first-order valence-electron chi connectivity index (χ1n) is 6.31. The molecule has 1 N–H and O–H groups in total. The Kier molecular flexibility index (Phi) is 5.48. The van der Waals surface area contributed by atoms with Crippen molar-refractivity contribution in [2.45, 2.75) is 13.0 Å². The standard InChI is InChI=1S/C13H16Cl2N2O3/c1-9(13(18)16-17-4-6-19-7-5-17)20-12-3-2-10(14)8-11(12)15/h2-3,8-9H,4-7H2,1H3,(H,16,18)/t9-/m1/s1. The predicted molar refractivity (Wildman–Crippen MR) is 77.1 cm³/mol. The number of ether oxygens (including phenoxy) is 2. The molecule has 5 nitrogen and oxygen atoms in total. The average molecular weight is 319 g/mol. The number of morpholine rings is 1. The topological polar surface area (TPSA) is 50.8 Å². The van der Waals surface area contributed by atoms with Crippen LogP contribution in [0.4, 0.5) is 0 Å². The third-order valence-corrected chi connectivity index (χ3v) is 3.38. The smallest absolute Gasteiger partial charge is 0.275 e. The maximum absolute atomic E-state index is 12.0. The molecule has 0 unspecified atom stereocenters. The van der Waals surface area contributed by atoms with Gasteiger partial charge in [0.1, 0.15) is 5.75 Å². The molecule has 0 bridgehead atoms. The molecule has 110 valence electrons. The Labute approximate surface area is 127 Å². The summed E-state index contributed by atoms with van der Waals surface area (Å²) >= 11 is 11.8. The molecule has 1 aromatic rings. The molecule has 0 aromatic heterocycles. The Bertz CT molecular complexity index is 479. The van der Waals surface area contributed by atoms with E-state index in [1.54, 1.807) is 25.1 Å². The van der Waals surface area contributed by atoms with Gasteiger partial charge in [0, 0.05) is 18.1 Å². The SMILES string of the molecule is C[C@@H](Oc1ccc(Cl)cc1Cl)C(=O)NN1CCOCC1. The summed E-state index contributed by atoms with van der Waals surface area (Å²) in [5.74, 6) is 0.207. The second-order valence-corrected chi connectivity index (χ2v) is 5.25. The second kappa shape index (κ2) is 7.13. The quantitative estimate of drug-likeness (QED) is 0.924. The first-order chi connectivity index (χ1) is 9.56. The van der Waals surface area contributed by atoms with Crippen LogP contribution in [0.1, 0.15) is 6.92 Å². The minimum atomic E-state index is -0.656. The first-order valence-corrected chi connectivity index (χ1v) is 7.07. The number of hydrazine groups is 1. The number of benzene rings is 1. The van der Waals surface area contributed by atoms with Crippen LogP contribution in [0.5, 0.6) is 5.75 Å². The van der Waals surface area contributed by atoms with Crippen molar-refractivity contribution in [1.82, 2.24) is 10.4 Å². The van der Waals surface area contributed by atoms with E-state index < -0.39 is 6.10 Å². The van der Waals surface area contributed by atoms with Gasteiger partial charge in [-0.3, -0.25) is 10.2 Å². The summed E-state index contributed by atoms with van der Waals surface area (Å²) in [6.45, 7) is 4.22. The summed E-state index contributed by atoms with van der Waals surface area (Å²) in [7, 11) is 0. The molecule has 1 saturated heterocycles. The van der Waals surface area contributed by atoms with Gasteiger partial charge in [-0.05, 0) is 25.1 Å². The van der Waals surface area contributed by atoms with Crippen LogP contribution >= 0.6 is 23.2 Å². The molecule has 1 fully saturated rings. The molecule has 20 heavy (non-hydrogen) atoms. The van der Waals surface area contributed by atoms with Crippen molar-refractivity contribution in [3.63, 3.8) is 0 Å². The van der Waals surface area contributed by atoms with Gasteiger partial charge >= 0.3 is 0 Å². The molecule has 2 rings (SSSR count). The lowest BCUT2D eigenvalue weighted by Gasteiger charge is -2.28. The van der Waals surface area contributed by atoms with Crippen molar-refractivity contribution in [3.05, 3.63) is 28.2 Å². The van der Waals surface area contributed by atoms with Crippen LogP contribution in [0.15, 0.2) is 18.2 Å². The van der Waals surface area contributed by atoms with Crippen LogP contribution in [0.25, 0.3) is 0 Å². The zero-order chi connectivity index (χ0) is 14.5. The zero-order valence-corrected chi connectivity index (χ0v) is 12.6.